The molecule has 0 aromatic heterocycles. The molecule has 0 fully saturated rings. The molecule has 0 saturated heterocycles. The van der Waals surface area contributed by atoms with Crippen molar-refractivity contribution in [3.8, 4) is 0 Å². The van der Waals surface area contributed by atoms with Crippen LogP contribution in [-0.4, -0.2) is 113 Å². The largest absolute Gasteiger partial charge is 1.00 e. The van der Waals surface area contributed by atoms with Gasteiger partial charge >= 0.3 is 29.6 Å². The second-order valence-electron chi connectivity index (χ2n) is 4.90. The van der Waals surface area contributed by atoms with Gasteiger partial charge in [-0.25, -0.2) is 8.42 Å². The number of methoxy groups -OCH3 is 1. The van der Waals surface area contributed by atoms with Gasteiger partial charge in [-0.05, 0) is 0 Å². The summed E-state index contributed by atoms with van der Waals surface area (Å²) < 4.78 is 70.7. The van der Waals surface area contributed by atoms with Crippen LogP contribution in [0.25, 0.3) is 0 Å². The van der Waals surface area contributed by atoms with Crippen LogP contribution in [0.15, 0.2) is 0 Å². The van der Waals surface area contributed by atoms with Gasteiger partial charge in [0, 0.05) is 7.11 Å². The molecule has 13 heteroatoms. The molecule has 0 unspecified atom stereocenters. The molecule has 164 valence electrons. The van der Waals surface area contributed by atoms with E-state index >= 15 is 0 Å². The van der Waals surface area contributed by atoms with E-state index in [0.717, 1.165) is 0 Å². The van der Waals surface area contributed by atoms with E-state index in [-0.39, 0.29) is 49.4 Å². The number of ether oxygens (including phenoxy) is 7. The maximum absolute atomic E-state index is 10.1. The van der Waals surface area contributed by atoms with Crippen LogP contribution in [0, 0.1) is 0 Å². The Morgan fingerprint density at radius 2 is 0.786 bits per heavy atom. The van der Waals surface area contributed by atoms with E-state index in [2.05, 4.69) is 4.18 Å². The van der Waals surface area contributed by atoms with Gasteiger partial charge in [-0.2, -0.15) is 0 Å². The smallest absolute Gasteiger partial charge is 0.726 e. The Bertz CT molecular complexity index is 397. The molecule has 0 aliphatic heterocycles. The summed E-state index contributed by atoms with van der Waals surface area (Å²) >= 11 is 0. The van der Waals surface area contributed by atoms with Crippen molar-refractivity contribution >= 4 is 10.4 Å². The fourth-order valence-corrected chi connectivity index (χ4v) is 1.81. The first kappa shape index (κ1) is 30.8. The molecular formula is C15H31NaO11S. The number of hydrogen-bond acceptors (Lipinski definition) is 11. The van der Waals surface area contributed by atoms with Crippen molar-refractivity contribution < 1.29 is 79.9 Å². The van der Waals surface area contributed by atoms with Gasteiger partial charge in [-0.1, -0.05) is 0 Å². The Balaban J connectivity index is 0. The fraction of sp³-hybridized carbons (Fsp3) is 1.00. The molecule has 0 aromatic rings. The van der Waals surface area contributed by atoms with Crippen molar-refractivity contribution in [1.82, 2.24) is 0 Å². The fourth-order valence-electron chi connectivity index (χ4n) is 1.54. The summed E-state index contributed by atoms with van der Waals surface area (Å²) in [4.78, 5) is 0. The monoisotopic (exact) mass is 442 g/mol. The molecule has 0 aliphatic rings. The molecule has 11 nitrogen and oxygen atoms in total. The second kappa shape index (κ2) is 23.9. The van der Waals surface area contributed by atoms with Crippen LogP contribution in [0.3, 0.4) is 0 Å². The summed E-state index contributed by atoms with van der Waals surface area (Å²) in [7, 11) is -3.03. The molecule has 28 heavy (non-hydrogen) atoms. The van der Waals surface area contributed by atoms with E-state index in [9.17, 15) is 13.0 Å². The molecule has 0 heterocycles. The third-order valence-electron chi connectivity index (χ3n) is 2.75. The first-order chi connectivity index (χ1) is 13.1. The van der Waals surface area contributed by atoms with Crippen LogP contribution in [0.1, 0.15) is 0 Å². The van der Waals surface area contributed by atoms with Gasteiger partial charge in [-0.15, -0.1) is 0 Å². The Morgan fingerprint density at radius 3 is 1.04 bits per heavy atom. The van der Waals surface area contributed by atoms with Crippen LogP contribution in [-0.2, 0) is 47.7 Å². The SMILES string of the molecule is COCCOCCOCCOCCOCCOCCOCCOS(=O)(=O)[O-].[Na+]. The predicted molar refractivity (Wildman–Crippen MR) is 92.4 cm³/mol. The van der Waals surface area contributed by atoms with Gasteiger partial charge in [0.1, 0.15) is 0 Å². The maximum Gasteiger partial charge on any atom is 1.00 e. The summed E-state index contributed by atoms with van der Waals surface area (Å²) in [5.41, 5.74) is 0. The molecular weight excluding hydrogens is 411 g/mol. The molecule has 0 saturated carbocycles. The summed E-state index contributed by atoms with van der Waals surface area (Å²) in [6, 6.07) is 0. The van der Waals surface area contributed by atoms with Crippen molar-refractivity contribution in [1.29, 1.82) is 0 Å². The maximum atomic E-state index is 10.1. The third kappa shape index (κ3) is 28.8. The van der Waals surface area contributed by atoms with Crippen LogP contribution >= 0.6 is 0 Å². The minimum absolute atomic E-state index is 0. The molecule has 0 rings (SSSR count). The van der Waals surface area contributed by atoms with E-state index in [0.29, 0.717) is 72.7 Å². The van der Waals surface area contributed by atoms with Crippen LogP contribution in [0.5, 0.6) is 0 Å². The van der Waals surface area contributed by atoms with Gasteiger partial charge in [0.25, 0.3) is 0 Å². The topological polar surface area (TPSA) is 131 Å². The number of rotatable bonds is 22. The zero-order valence-electron chi connectivity index (χ0n) is 16.8. The van der Waals surface area contributed by atoms with Crippen LogP contribution in [0.2, 0.25) is 0 Å². The molecule has 0 spiro atoms. The Morgan fingerprint density at radius 1 is 0.536 bits per heavy atom. The normalized spacial score (nSPS) is 11.5. The summed E-state index contributed by atoms with van der Waals surface area (Å²) in [6.45, 7) is 5.25. The van der Waals surface area contributed by atoms with Gasteiger partial charge in [0.2, 0.25) is 10.4 Å². The van der Waals surface area contributed by atoms with E-state index in [1.807, 2.05) is 0 Å². The molecule has 0 radical (unpaired) electrons. The predicted octanol–water partition coefficient (Wildman–Crippen LogP) is -3.79. The van der Waals surface area contributed by atoms with E-state index in [1.165, 1.54) is 0 Å². The van der Waals surface area contributed by atoms with Crippen molar-refractivity contribution in [3.63, 3.8) is 0 Å². The second-order valence-corrected chi connectivity index (χ2v) is 5.95. The zero-order valence-corrected chi connectivity index (χ0v) is 19.6. The zero-order chi connectivity index (χ0) is 20.1. The van der Waals surface area contributed by atoms with Crippen molar-refractivity contribution in [2.24, 2.45) is 0 Å². The Hall–Kier alpha value is 0.590. The summed E-state index contributed by atoms with van der Waals surface area (Å²) in [5, 5.41) is 0. The quantitative estimate of drug-likeness (QED) is 0.0708. The first-order valence-electron chi connectivity index (χ1n) is 8.62. The van der Waals surface area contributed by atoms with Gasteiger partial charge in [0.15, 0.2) is 0 Å². The standard InChI is InChI=1S/C15H32O11S.Na/c1-19-2-3-20-4-5-21-6-7-22-8-9-23-10-11-24-12-13-25-14-15-26-27(16,17)18;/h2-15H2,1H3,(H,16,17,18);/q;+1/p-1. The van der Waals surface area contributed by atoms with Crippen molar-refractivity contribution in [2.75, 3.05) is 99.6 Å². The summed E-state index contributed by atoms with van der Waals surface area (Å²) in [5.74, 6) is 0. The molecule has 0 N–H and O–H groups in total. The van der Waals surface area contributed by atoms with Gasteiger partial charge in [0.05, 0.1) is 92.5 Å². The summed E-state index contributed by atoms with van der Waals surface area (Å²) in [6.07, 6.45) is 0. The van der Waals surface area contributed by atoms with Crippen molar-refractivity contribution in [3.05, 3.63) is 0 Å². The molecule has 0 atom stereocenters. The minimum Gasteiger partial charge on any atom is -0.726 e. The van der Waals surface area contributed by atoms with Gasteiger partial charge in [-0.3, -0.25) is 4.18 Å². The van der Waals surface area contributed by atoms with Crippen LogP contribution < -0.4 is 29.6 Å². The average Bonchev–Trinajstić information content (AvgIpc) is 2.62. The molecule has 0 bridgehead atoms. The van der Waals surface area contributed by atoms with E-state index in [4.69, 9.17) is 33.2 Å². The first-order valence-corrected chi connectivity index (χ1v) is 9.95. The van der Waals surface area contributed by atoms with E-state index in [1.54, 1.807) is 7.11 Å². The molecule has 0 aromatic carbocycles. The van der Waals surface area contributed by atoms with Gasteiger partial charge < -0.3 is 37.7 Å². The van der Waals surface area contributed by atoms with Crippen LogP contribution in [0.4, 0.5) is 0 Å². The number of hydrogen-bond donors (Lipinski definition) is 0. The van der Waals surface area contributed by atoms with Crippen molar-refractivity contribution in [2.45, 2.75) is 0 Å². The molecule has 0 amide bonds. The average molecular weight is 442 g/mol. The minimum atomic E-state index is -4.65. The van der Waals surface area contributed by atoms with E-state index < -0.39 is 10.4 Å². The Labute approximate surface area is 189 Å². The molecule has 0 aliphatic carbocycles. The third-order valence-corrected chi connectivity index (χ3v) is 3.20. The Kier molecular flexibility index (Phi) is 26.2.